The number of nitrogens with zero attached hydrogens (tertiary/aromatic N) is 3. The molecule has 0 aliphatic heterocycles. The number of rotatable bonds is 7. The average molecular weight is 446 g/mol. The highest BCUT2D eigenvalue weighted by molar-refractivity contribution is 5.90. The zero-order chi connectivity index (χ0) is 22.8. The Morgan fingerprint density at radius 3 is 2.42 bits per heavy atom. The Kier molecular flexibility index (Phi) is 6.47. The molecule has 0 bridgehead atoms. The number of hydrogen-bond acceptors (Lipinski definition) is 6. The standard InChI is InChI=1S/C27H35N5O/c1-32(2)26-23-9-5-6-10-24(23)30-27(31-26)29-20-13-11-18(12-14-20)16-28-17-19-15-25(33)22-8-4-3-7-21(19)22/h3-10,18-20,25,28,33H,11-17H2,1-2H3,(H,29,30,31)/t18-,19?,20+,25?. The van der Waals surface area contributed by atoms with Crippen molar-refractivity contribution in [2.24, 2.45) is 5.92 Å². The Bertz CT molecular complexity index is 1090. The van der Waals surface area contributed by atoms with Gasteiger partial charge < -0.3 is 20.6 Å². The van der Waals surface area contributed by atoms with Crippen LogP contribution in [-0.2, 0) is 0 Å². The Hall–Kier alpha value is -2.70. The van der Waals surface area contributed by atoms with Gasteiger partial charge in [0.2, 0.25) is 5.95 Å². The molecule has 0 radical (unpaired) electrons. The second-order valence-electron chi connectivity index (χ2n) is 9.88. The van der Waals surface area contributed by atoms with Gasteiger partial charge in [-0.3, -0.25) is 0 Å². The Morgan fingerprint density at radius 1 is 0.909 bits per heavy atom. The summed E-state index contributed by atoms with van der Waals surface area (Å²) in [6.07, 6.45) is 5.24. The lowest BCUT2D eigenvalue weighted by molar-refractivity contribution is 0.172. The monoisotopic (exact) mass is 445 g/mol. The van der Waals surface area contributed by atoms with Gasteiger partial charge in [-0.15, -0.1) is 0 Å². The van der Waals surface area contributed by atoms with E-state index in [1.54, 1.807) is 0 Å². The van der Waals surface area contributed by atoms with Gasteiger partial charge >= 0.3 is 0 Å². The van der Waals surface area contributed by atoms with Gasteiger partial charge in [-0.1, -0.05) is 36.4 Å². The Labute approximate surface area is 196 Å². The van der Waals surface area contributed by atoms with Crippen molar-refractivity contribution in [3.63, 3.8) is 0 Å². The van der Waals surface area contributed by atoms with Crippen LogP contribution in [0.3, 0.4) is 0 Å². The fraction of sp³-hybridized carbons (Fsp3) is 0.481. The van der Waals surface area contributed by atoms with Crippen molar-refractivity contribution in [2.45, 2.75) is 50.2 Å². The quantitative estimate of drug-likeness (QED) is 0.498. The highest BCUT2D eigenvalue weighted by Gasteiger charge is 2.29. The van der Waals surface area contributed by atoms with E-state index in [-0.39, 0.29) is 6.10 Å². The molecular weight excluding hydrogens is 410 g/mol. The van der Waals surface area contributed by atoms with Gasteiger partial charge in [0.05, 0.1) is 11.6 Å². The average Bonchev–Trinajstić information content (AvgIpc) is 3.15. The van der Waals surface area contributed by atoms with Crippen LogP contribution in [0.1, 0.15) is 55.3 Å². The number of benzene rings is 2. The van der Waals surface area contributed by atoms with Crippen LogP contribution in [0.25, 0.3) is 10.9 Å². The van der Waals surface area contributed by atoms with Crippen LogP contribution in [0, 0.1) is 5.92 Å². The smallest absolute Gasteiger partial charge is 0.225 e. The van der Waals surface area contributed by atoms with Crippen LogP contribution in [0.5, 0.6) is 0 Å². The van der Waals surface area contributed by atoms with E-state index >= 15 is 0 Å². The number of anilines is 2. The minimum atomic E-state index is -0.306. The van der Waals surface area contributed by atoms with Gasteiger partial charge in [0.15, 0.2) is 0 Å². The first kappa shape index (κ1) is 22.1. The molecule has 2 aliphatic rings. The predicted molar refractivity (Wildman–Crippen MR) is 135 cm³/mol. The van der Waals surface area contributed by atoms with Crippen molar-refractivity contribution in [2.75, 3.05) is 37.4 Å². The highest BCUT2D eigenvalue weighted by atomic mass is 16.3. The van der Waals surface area contributed by atoms with E-state index in [4.69, 9.17) is 9.97 Å². The first-order valence-corrected chi connectivity index (χ1v) is 12.3. The normalized spacial score (nSPS) is 24.6. The maximum atomic E-state index is 10.3. The second kappa shape index (κ2) is 9.65. The van der Waals surface area contributed by atoms with Crippen molar-refractivity contribution in [1.82, 2.24) is 15.3 Å². The molecule has 1 heterocycles. The molecule has 6 nitrogen and oxygen atoms in total. The lowest BCUT2D eigenvalue weighted by Gasteiger charge is -2.30. The molecule has 0 saturated heterocycles. The summed E-state index contributed by atoms with van der Waals surface area (Å²) in [5.41, 5.74) is 3.41. The molecule has 3 aromatic rings. The van der Waals surface area contributed by atoms with Gasteiger partial charge in [0.25, 0.3) is 0 Å². The topological polar surface area (TPSA) is 73.3 Å². The van der Waals surface area contributed by atoms with Crippen LogP contribution in [0.4, 0.5) is 11.8 Å². The summed E-state index contributed by atoms with van der Waals surface area (Å²) in [6, 6.07) is 17.0. The summed E-state index contributed by atoms with van der Waals surface area (Å²) >= 11 is 0. The van der Waals surface area contributed by atoms with E-state index in [0.717, 1.165) is 60.6 Å². The fourth-order valence-corrected chi connectivity index (χ4v) is 5.52. The second-order valence-corrected chi connectivity index (χ2v) is 9.88. The van der Waals surface area contributed by atoms with E-state index in [1.807, 2.05) is 32.3 Å². The first-order valence-electron chi connectivity index (χ1n) is 12.3. The maximum Gasteiger partial charge on any atom is 0.225 e. The van der Waals surface area contributed by atoms with Crippen molar-refractivity contribution in [3.05, 3.63) is 59.7 Å². The molecule has 6 heteroatoms. The van der Waals surface area contributed by atoms with Crippen LogP contribution >= 0.6 is 0 Å². The molecule has 2 atom stereocenters. The molecule has 33 heavy (non-hydrogen) atoms. The highest BCUT2D eigenvalue weighted by Crippen LogP contribution is 2.39. The van der Waals surface area contributed by atoms with Gasteiger partial charge in [0, 0.05) is 32.1 Å². The lowest BCUT2D eigenvalue weighted by Crippen LogP contribution is -2.33. The zero-order valence-corrected chi connectivity index (χ0v) is 19.7. The summed E-state index contributed by atoms with van der Waals surface area (Å²) in [4.78, 5) is 11.6. The molecule has 5 rings (SSSR count). The lowest BCUT2D eigenvalue weighted by atomic mass is 9.86. The number of nitrogens with one attached hydrogen (secondary N) is 2. The summed E-state index contributed by atoms with van der Waals surface area (Å²) in [7, 11) is 4.06. The fourth-order valence-electron chi connectivity index (χ4n) is 5.52. The number of fused-ring (bicyclic) bond motifs is 2. The third-order valence-corrected chi connectivity index (χ3v) is 7.31. The van der Waals surface area contributed by atoms with E-state index in [2.05, 4.69) is 45.9 Å². The molecule has 0 amide bonds. The Balaban J connectivity index is 1.12. The zero-order valence-electron chi connectivity index (χ0n) is 19.7. The van der Waals surface area contributed by atoms with E-state index in [1.165, 1.54) is 18.4 Å². The third-order valence-electron chi connectivity index (χ3n) is 7.31. The SMILES string of the molecule is CN(C)c1nc(N[C@H]2CC[C@@H](CNCC3CC(O)c4ccccc43)CC2)nc2ccccc12. The summed E-state index contributed by atoms with van der Waals surface area (Å²) in [6.45, 7) is 2.00. The molecule has 0 spiro atoms. The minimum Gasteiger partial charge on any atom is -0.388 e. The number of aliphatic hydroxyl groups excluding tert-OH is 1. The molecule has 1 saturated carbocycles. The number of hydrogen-bond donors (Lipinski definition) is 3. The number of aliphatic hydroxyl groups is 1. The van der Waals surface area contributed by atoms with Gasteiger partial charge in [-0.05, 0) is 73.7 Å². The van der Waals surface area contributed by atoms with Gasteiger partial charge in [-0.25, -0.2) is 4.98 Å². The number of aromatic nitrogens is 2. The van der Waals surface area contributed by atoms with Crippen LogP contribution in [0.2, 0.25) is 0 Å². The summed E-state index contributed by atoms with van der Waals surface area (Å²) in [5, 5.41) is 18.7. The molecular formula is C27H35N5O. The largest absolute Gasteiger partial charge is 0.388 e. The molecule has 174 valence electrons. The molecule has 2 unspecified atom stereocenters. The predicted octanol–water partition coefficient (Wildman–Crippen LogP) is 4.48. The Morgan fingerprint density at radius 2 is 1.64 bits per heavy atom. The van der Waals surface area contributed by atoms with Crippen molar-refractivity contribution in [1.29, 1.82) is 0 Å². The number of para-hydroxylation sites is 1. The van der Waals surface area contributed by atoms with Crippen LogP contribution in [-0.4, -0.2) is 48.3 Å². The summed E-state index contributed by atoms with van der Waals surface area (Å²) in [5.74, 6) is 2.82. The first-order chi connectivity index (χ1) is 16.1. The van der Waals surface area contributed by atoms with E-state index in [0.29, 0.717) is 17.9 Å². The minimum absolute atomic E-state index is 0.306. The van der Waals surface area contributed by atoms with E-state index < -0.39 is 0 Å². The van der Waals surface area contributed by atoms with Crippen LogP contribution < -0.4 is 15.5 Å². The maximum absolute atomic E-state index is 10.3. The summed E-state index contributed by atoms with van der Waals surface area (Å²) < 4.78 is 0. The van der Waals surface area contributed by atoms with Crippen molar-refractivity contribution >= 4 is 22.7 Å². The van der Waals surface area contributed by atoms with Crippen LogP contribution in [0.15, 0.2) is 48.5 Å². The van der Waals surface area contributed by atoms with E-state index in [9.17, 15) is 5.11 Å². The molecule has 1 aromatic heterocycles. The molecule has 2 aromatic carbocycles. The van der Waals surface area contributed by atoms with Crippen molar-refractivity contribution < 1.29 is 5.11 Å². The van der Waals surface area contributed by atoms with Crippen molar-refractivity contribution in [3.8, 4) is 0 Å². The molecule has 2 aliphatic carbocycles. The molecule has 3 N–H and O–H groups in total. The van der Waals surface area contributed by atoms with Gasteiger partial charge in [0.1, 0.15) is 5.82 Å². The third kappa shape index (κ3) is 4.82. The van der Waals surface area contributed by atoms with Gasteiger partial charge in [-0.2, -0.15) is 4.98 Å². The molecule has 1 fully saturated rings.